The van der Waals surface area contributed by atoms with Crippen molar-refractivity contribution in [3.63, 3.8) is 0 Å². The van der Waals surface area contributed by atoms with E-state index in [2.05, 4.69) is 10.6 Å². The lowest BCUT2D eigenvalue weighted by atomic mass is 10.2. The Morgan fingerprint density at radius 1 is 1.04 bits per heavy atom. The molecular formula is C19H18Cl2N2O4S. The monoisotopic (exact) mass is 440 g/mol. The normalized spacial score (nSPS) is 18.4. The van der Waals surface area contributed by atoms with E-state index in [9.17, 15) is 18.0 Å². The van der Waals surface area contributed by atoms with Crippen molar-refractivity contribution in [3.8, 4) is 0 Å². The largest absolute Gasteiger partial charge is 0.326 e. The highest BCUT2D eigenvalue weighted by Gasteiger charge is 2.39. The zero-order chi connectivity index (χ0) is 20.6. The Morgan fingerprint density at radius 2 is 1.57 bits per heavy atom. The predicted molar refractivity (Wildman–Crippen MR) is 110 cm³/mol. The lowest BCUT2D eigenvalue weighted by Crippen LogP contribution is -2.15. The van der Waals surface area contributed by atoms with Gasteiger partial charge >= 0.3 is 0 Å². The Labute approximate surface area is 173 Å². The highest BCUT2D eigenvalue weighted by Crippen LogP contribution is 2.39. The predicted octanol–water partition coefficient (Wildman–Crippen LogP) is 4.24. The van der Waals surface area contributed by atoms with Gasteiger partial charge in [0.1, 0.15) is 0 Å². The molecule has 0 unspecified atom stereocenters. The third-order valence-corrected chi connectivity index (χ3v) is 6.26. The lowest BCUT2D eigenvalue weighted by Gasteiger charge is -2.12. The summed E-state index contributed by atoms with van der Waals surface area (Å²) < 4.78 is 23.0. The number of nitrogens with one attached hydrogen (secondary N) is 2. The second-order valence-electron chi connectivity index (χ2n) is 6.87. The van der Waals surface area contributed by atoms with Crippen LogP contribution < -0.4 is 10.6 Å². The molecule has 2 aromatic carbocycles. The van der Waals surface area contributed by atoms with Crippen LogP contribution in [0, 0.1) is 11.8 Å². The SMILES string of the molecule is C[C@@H]1C[C@@H]1C(=O)Nc1cc(Cl)c(NC(=O)c2ccc(S(C)(=O)=O)cc2)c(Cl)c1. The van der Waals surface area contributed by atoms with Gasteiger partial charge in [-0.15, -0.1) is 0 Å². The van der Waals surface area contributed by atoms with Crippen LogP contribution in [-0.2, 0) is 14.6 Å². The van der Waals surface area contributed by atoms with Gasteiger partial charge < -0.3 is 10.6 Å². The minimum atomic E-state index is -3.35. The molecule has 2 atom stereocenters. The van der Waals surface area contributed by atoms with E-state index in [0.29, 0.717) is 11.6 Å². The summed E-state index contributed by atoms with van der Waals surface area (Å²) in [6.45, 7) is 2.01. The van der Waals surface area contributed by atoms with Crippen molar-refractivity contribution in [3.05, 3.63) is 52.0 Å². The maximum Gasteiger partial charge on any atom is 0.255 e. The molecule has 0 aromatic heterocycles. The van der Waals surface area contributed by atoms with E-state index >= 15 is 0 Å². The first-order chi connectivity index (χ1) is 13.1. The fourth-order valence-electron chi connectivity index (χ4n) is 2.73. The fourth-order valence-corrected chi connectivity index (χ4v) is 3.94. The Balaban J connectivity index is 1.74. The average Bonchev–Trinajstić information content (AvgIpc) is 3.34. The molecular weight excluding hydrogens is 423 g/mol. The second kappa shape index (κ2) is 7.73. The first-order valence-corrected chi connectivity index (χ1v) is 11.1. The quantitative estimate of drug-likeness (QED) is 0.726. The van der Waals surface area contributed by atoms with E-state index in [-0.39, 0.29) is 38.0 Å². The first-order valence-electron chi connectivity index (χ1n) is 8.47. The van der Waals surface area contributed by atoms with Crippen LogP contribution in [-0.4, -0.2) is 26.5 Å². The van der Waals surface area contributed by atoms with Gasteiger partial charge in [0.15, 0.2) is 9.84 Å². The molecule has 3 rings (SSSR count). The number of hydrogen-bond donors (Lipinski definition) is 2. The minimum absolute atomic E-state index is 0.00633. The van der Waals surface area contributed by atoms with Crippen LogP contribution in [0.5, 0.6) is 0 Å². The molecule has 0 spiro atoms. The topological polar surface area (TPSA) is 92.3 Å². The van der Waals surface area contributed by atoms with Gasteiger partial charge in [0, 0.05) is 23.4 Å². The summed E-state index contributed by atoms with van der Waals surface area (Å²) in [5.41, 5.74) is 0.910. The van der Waals surface area contributed by atoms with Crippen molar-refractivity contribution in [2.24, 2.45) is 11.8 Å². The maximum atomic E-state index is 12.4. The average molecular weight is 441 g/mol. The molecule has 2 amide bonds. The van der Waals surface area contributed by atoms with Crippen molar-refractivity contribution < 1.29 is 18.0 Å². The van der Waals surface area contributed by atoms with Gasteiger partial charge in [0.2, 0.25) is 5.91 Å². The summed E-state index contributed by atoms with van der Waals surface area (Å²) in [5, 5.41) is 5.73. The van der Waals surface area contributed by atoms with Gasteiger partial charge in [-0.3, -0.25) is 9.59 Å². The number of halogens is 2. The zero-order valence-corrected chi connectivity index (χ0v) is 17.5. The van der Waals surface area contributed by atoms with E-state index in [1.807, 2.05) is 6.92 Å². The van der Waals surface area contributed by atoms with E-state index < -0.39 is 15.7 Å². The molecule has 1 saturated carbocycles. The molecule has 28 heavy (non-hydrogen) atoms. The molecule has 1 aliphatic carbocycles. The number of carbonyl (C=O) groups is 2. The molecule has 148 valence electrons. The van der Waals surface area contributed by atoms with E-state index in [1.54, 1.807) is 0 Å². The Kier molecular flexibility index (Phi) is 5.70. The van der Waals surface area contributed by atoms with Gasteiger partial charge in [-0.2, -0.15) is 0 Å². The molecule has 0 bridgehead atoms. The smallest absolute Gasteiger partial charge is 0.255 e. The maximum absolute atomic E-state index is 12.4. The number of hydrogen-bond acceptors (Lipinski definition) is 4. The van der Waals surface area contributed by atoms with E-state index in [1.165, 1.54) is 36.4 Å². The van der Waals surface area contributed by atoms with Crippen LogP contribution in [0.1, 0.15) is 23.7 Å². The summed E-state index contributed by atoms with van der Waals surface area (Å²) in [7, 11) is -3.35. The molecule has 0 saturated heterocycles. The van der Waals surface area contributed by atoms with Gasteiger partial charge in [-0.25, -0.2) is 8.42 Å². The number of sulfone groups is 1. The van der Waals surface area contributed by atoms with Gasteiger partial charge in [-0.05, 0) is 48.7 Å². The number of carbonyl (C=O) groups excluding carboxylic acids is 2. The summed E-state index contributed by atoms with van der Waals surface area (Å²) in [6.07, 6.45) is 1.95. The summed E-state index contributed by atoms with van der Waals surface area (Å²) >= 11 is 12.5. The van der Waals surface area contributed by atoms with Gasteiger partial charge in [0.25, 0.3) is 5.91 Å². The molecule has 0 heterocycles. The molecule has 2 aromatic rings. The van der Waals surface area contributed by atoms with Crippen molar-refractivity contribution >= 4 is 56.2 Å². The molecule has 1 fully saturated rings. The number of amides is 2. The van der Waals surface area contributed by atoms with Crippen LogP contribution in [0.15, 0.2) is 41.3 Å². The summed E-state index contributed by atoms with van der Waals surface area (Å²) in [5.74, 6) is -0.194. The number of benzene rings is 2. The van der Waals surface area contributed by atoms with Crippen molar-refractivity contribution in [1.82, 2.24) is 0 Å². The third-order valence-electron chi connectivity index (χ3n) is 4.54. The Hall–Kier alpha value is -2.09. The van der Waals surface area contributed by atoms with Crippen molar-refractivity contribution in [1.29, 1.82) is 0 Å². The van der Waals surface area contributed by atoms with Crippen LogP contribution in [0.4, 0.5) is 11.4 Å². The Morgan fingerprint density at radius 3 is 2.04 bits per heavy atom. The molecule has 6 nitrogen and oxygen atoms in total. The molecule has 0 radical (unpaired) electrons. The zero-order valence-electron chi connectivity index (χ0n) is 15.1. The van der Waals surface area contributed by atoms with Crippen LogP contribution in [0.25, 0.3) is 0 Å². The van der Waals surface area contributed by atoms with Crippen LogP contribution >= 0.6 is 23.2 Å². The molecule has 0 aliphatic heterocycles. The molecule has 2 N–H and O–H groups in total. The molecule has 1 aliphatic rings. The summed E-state index contributed by atoms with van der Waals surface area (Å²) in [4.78, 5) is 24.6. The van der Waals surface area contributed by atoms with Gasteiger partial charge in [0.05, 0.1) is 20.6 Å². The van der Waals surface area contributed by atoms with Crippen molar-refractivity contribution in [2.75, 3.05) is 16.9 Å². The minimum Gasteiger partial charge on any atom is -0.326 e. The molecule has 9 heteroatoms. The third kappa shape index (κ3) is 4.66. The Bertz CT molecular complexity index is 1030. The summed E-state index contributed by atoms with van der Waals surface area (Å²) in [6, 6.07) is 8.54. The van der Waals surface area contributed by atoms with E-state index in [4.69, 9.17) is 23.2 Å². The first kappa shape index (κ1) is 20.6. The second-order valence-corrected chi connectivity index (χ2v) is 9.70. The standard InChI is InChI=1S/C19H18Cl2N2O4S/c1-10-7-14(10)19(25)22-12-8-15(20)17(16(21)9-12)23-18(24)11-3-5-13(6-4-11)28(2,26)27/h3-6,8-10,14H,7H2,1-2H3,(H,22,25)(H,23,24)/t10-,14+/m1/s1. The van der Waals surface area contributed by atoms with Crippen molar-refractivity contribution in [2.45, 2.75) is 18.2 Å². The highest BCUT2D eigenvalue weighted by atomic mass is 35.5. The van der Waals surface area contributed by atoms with E-state index in [0.717, 1.165) is 12.7 Å². The van der Waals surface area contributed by atoms with Crippen LogP contribution in [0.2, 0.25) is 10.0 Å². The lowest BCUT2D eigenvalue weighted by molar-refractivity contribution is -0.117. The number of anilines is 2. The van der Waals surface area contributed by atoms with Crippen LogP contribution in [0.3, 0.4) is 0 Å². The van der Waals surface area contributed by atoms with Gasteiger partial charge in [-0.1, -0.05) is 30.1 Å². The number of rotatable bonds is 5. The fraction of sp³-hybridized carbons (Fsp3) is 0.263. The highest BCUT2D eigenvalue weighted by molar-refractivity contribution is 7.90.